The summed E-state index contributed by atoms with van der Waals surface area (Å²) >= 11 is 0. The molecule has 1 aliphatic rings. The number of ketones is 1. The smallest absolute Gasteiger partial charge is 0.276 e. The maximum Gasteiger partial charge on any atom is 0.276 e. The molecule has 3 aromatic rings. The van der Waals surface area contributed by atoms with Crippen molar-refractivity contribution in [2.75, 3.05) is 0 Å². The summed E-state index contributed by atoms with van der Waals surface area (Å²) in [5.74, 6) is 0.262. The summed E-state index contributed by atoms with van der Waals surface area (Å²) in [6, 6.07) is 11.9. The zero-order chi connectivity index (χ0) is 21.5. The zero-order valence-electron chi connectivity index (χ0n) is 16.8. The van der Waals surface area contributed by atoms with E-state index in [9.17, 15) is 13.2 Å². The number of carbonyl (C=O) groups excluding carboxylic acids is 1. The van der Waals surface area contributed by atoms with Gasteiger partial charge < -0.3 is 0 Å². The lowest BCUT2D eigenvalue weighted by atomic mass is 9.74. The number of carbonyl (C=O) groups is 1. The van der Waals surface area contributed by atoms with E-state index in [-0.39, 0.29) is 16.4 Å². The van der Waals surface area contributed by atoms with Crippen LogP contribution in [0.15, 0.2) is 64.9 Å². The SMILES string of the molecule is Cc1ccc(S(=O)(=O)N/N=C2\C(=O)c3cnn(-c4ccccn4)c3CC2(C)C)cc1. The van der Waals surface area contributed by atoms with E-state index in [4.69, 9.17) is 0 Å². The van der Waals surface area contributed by atoms with E-state index in [0.717, 1.165) is 11.3 Å². The minimum atomic E-state index is -3.89. The average molecular weight is 423 g/mol. The summed E-state index contributed by atoms with van der Waals surface area (Å²) in [6.45, 7) is 5.57. The van der Waals surface area contributed by atoms with Crippen LogP contribution in [0.4, 0.5) is 0 Å². The van der Waals surface area contributed by atoms with Crippen molar-refractivity contribution in [3.05, 3.63) is 71.7 Å². The Hall–Kier alpha value is -3.33. The van der Waals surface area contributed by atoms with Crippen LogP contribution in [0.2, 0.25) is 0 Å². The molecule has 0 unspecified atom stereocenters. The molecule has 0 spiro atoms. The Morgan fingerprint density at radius 2 is 1.87 bits per heavy atom. The van der Waals surface area contributed by atoms with Crippen molar-refractivity contribution < 1.29 is 13.2 Å². The molecule has 0 atom stereocenters. The summed E-state index contributed by atoms with van der Waals surface area (Å²) in [5.41, 5.74) is 1.51. The molecule has 2 aromatic heterocycles. The first kappa shape index (κ1) is 20.0. The second kappa shape index (κ2) is 7.17. The minimum absolute atomic E-state index is 0.0853. The van der Waals surface area contributed by atoms with Crippen LogP contribution in [0.1, 0.15) is 35.5 Å². The Bertz CT molecular complexity index is 1240. The van der Waals surface area contributed by atoms with E-state index in [2.05, 4.69) is 20.0 Å². The van der Waals surface area contributed by atoms with Crippen molar-refractivity contribution in [1.82, 2.24) is 19.6 Å². The van der Waals surface area contributed by atoms with Crippen LogP contribution in [-0.4, -0.2) is 34.7 Å². The number of sulfonamides is 1. The van der Waals surface area contributed by atoms with Crippen LogP contribution < -0.4 is 4.83 Å². The predicted octanol–water partition coefficient (Wildman–Crippen LogP) is 2.68. The monoisotopic (exact) mass is 423 g/mol. The lowest BCUT2D eigenvalue weighted by Gasteiger charge is -2.30. The summed E-state index contributed by atoms with van der Waals surface area (Å²) < 4.78 is 26.8. The lowest BCUT2D eigenvalue weighted by Crippen LogP contribution is -2.40. The Labute approximate surface area is 174 Å². The fraction of sp³-hybridized carbons (Fsp3) is 0.238. The molecule has 0 amide bonds. The number of nitrogens with zero attached hydrogens (tertiary/aromatic N) is 4. The fourth-order valence-corrected chi connectivity index (χ4v) is 4.24. The van der Waals surface area contributed by atoms with Crippen molar-refractivity contribution in [1.29, 1.82) is 0 Å². The minimum Gasteiger partial charge on any atom is -0.287 e. The predicted molar refractivity (Wildman–Crippen MR) is 112 cm³/mol. The molecule has 0 aliphatic heterocycles. The van der Waals surface area contributed by atoms with Gasteiger partial charge in [0, 0.05) is 18.0 Å². The van der Waals surface area contributed by atoms with Gasteiger partial charge in [-0.3, -0.25) is 4.79 Å². The van der Waals surface area contributed by atoms with Gasteiger partial charge in [0.25, 0.3) is 10.0 Å². The molecule has 154 valence electrons. The molecule has 4 rings (SSSR count). The molecular formula is C21H21N5O3S. The van der Waals surface area contributed by atoms with Crippen molar-refractivity contribution in [2.24, 2.45) is 10.5 Å². The second-order valence-corrected chi connectivity index (χ2v) is 9.52. The fourth-order valence-electron chi connectivity index (χ4n) is 3.43. The Balaban J connectivity index is 1.69. The molecule has 9 heteroatoms. The number of aryl methyl sites for hydroxylation is 1. The molecule has 1 aliphatic carbocycles. The first-order valence-electron chi connectivity index (χ1n) is 9.39. The van der Waals surface area contributed by atoms with Crippen LogP contribution in [0.5, 0.6) is 0 Å². The maximum atomic E-state index is 13.1. The van der Waals surface area contributed by atoms with Crippen molar-refractivity contribution in [2.45, 2.75) is 32.1 Å². The largest absolute Gasteiger partial charge is 0.287 e. The van der Waals surface area contributed by atoms with Gasteiger partial charge in [-0.05, 0) is 31.2 Å². The van der Waals surface area contributed by atoms with Gasteiger partial charge in [0.2, 0.25) is 5.78 Å². The maximum absolute atomic E-state index is 13.1. The van der Waals surface area contributed by atoms with Gasteiger partial charge in [-0.25, -0.2) is 9.67 Å². The van der Waals surface area contributed by atoms with Crippen LogP contribution in [-0.2, 0) is 16.4 Å². The summed E-state index contributed by atoms with van der Waals surface area (Å²) in [4.78, 5) is 19.7. The number of hydrogen-bond acceptors (Lipinski definition) is 6. The topological polar surface area (TPSA) is 106 Å². The van der Waals surface area contributed by atoms with E-state index in [0.29, 0.717) is 17.8 Å². The van der Waals surface area contributed by atoms with E-state index in [1.54, 1.807) is 29.1 Å². The van der Waals surface area contributed by atoms with E-state index >= 15 is 0 Å². The van der Waals surface area contributed by atoms with Crippen LogP contribution in [0.25, 0.3) is 5.82 Å². The summed E-state index contributed by atoms with van der Waals surface area (Å²) in [5, 5.41) is 8.37. The van der Waals surface area contributed by atoms with Gasteiger partial charge in [-0.1, -0.05) is 37.6 Å². The first-order chi connectivity index (χ1) is 14.2. The van der Waals surface area contributed by atoms with E-state index in [1.807, 2.05) is 32.9 Å². The summed E-state index contributed by atoms with van der Waals surface area (Å²) in [7, 11) is -3.89. The Kier molecular flexibility index (Phi) is 4.77. The number of fused-ring (bicyclic) bond motifs is 1. The molecule has 0 saturated carbocycles. The highest BCUT2D eigenvalue weighted by Gasteiger charge is 2.41. The standard InChI is InChI=1S/C21H21N5O3S/c1-14-7-9-15(10-8-14)30(28,29)25-24-20-19(27)16-13-23-26(17(16)12-21(20,2)3)18-6-4-5-11-22-18/h4-11,13,25H,12H2,1-3H3/b24-20+. The van der Waals surface area contributed by atoms with Crippen molar-refractivity contribution in [3.63, 3.8) is 0 Å². The number of rotatable bonds is 4. The molecule has 0 radical (unpaired) electrons. The first-order valence-corrected chi connectivity index (χ1v) is 10.9. The molecule has 0 fully saturated rings. The third-order valence-corrected chi connectivity index (χ3v) is 6.28. The zero-order valence-corrected chi connectivity index (χ0v) is 17.6. The van der Waals surface area contributed by atoms with Gasteiger partial charge in [-0.15, -0.1) is 0 Å². The van der Waals surface area contributed by atoms with Crippen LogP contribution in [0.3, 0.4) is 0 Å². The van der Waals surface area contributed by atoms with Gasteiger partial charge in [0.1, 0.15) is 5.71 Å². The van der Waals surface area contributed by atoms with Gasteiger partial charge in [0.05, 0.1) is 22.3 Å². The molecule has 0 bridgehead atoms. The number of hydrazone groups is 1. The Morgan fingerprint density at radius 1 is 1.13 bits per heavy atom. The third-order valence-electron chi connectivity index (χ3n) is 5.05. The number of aromatic nitrogens is 3. The third kappa shape index (κ3) is 3.52. The molecule has 2 heterocycles. The molecule has 30 heavy (non-hydrogen) atoms. The average Bonchev–Trinajstić information content (AvgIpc) is 3.11. The van der Waals surface area contributed by atoms with Crippen LogP contribution in [0, 0.1) is 12.3 Å². The van der Waals surface area contributed by atoms with Crippen molar-refractivity contribution >= 4 is 21.5 Å². The number of nitrogens with one attached hydrogen (secondary N) is 1. The van der Waals surface area contributed by atoms with Crippen LogP contribution >= 0.6 is 0 Å². The number of benzene rings is 1. The highest BCUT2D eigenvalue weighted by atomic mass is 32.2. The number of hydrogen-bond donors (Lipinski definition) is 1. The number of Topliss-reactive ketones (excluding diaryl/α,β-unsaturated/α-hetero) is 1. The molecule has 1 N–H and O–H groups in total. The quantitative estimate of drug-likeness (QED) is 0.650. The lowest BCUT2D eigenvalue weighted by molar-refractivity contribution is 0.104. The molecule has 8 nitrogen and oxygen atoms in total. The van der Waals surface area contributed by atoms with E-state index < -0.39 is 15.4 Å². The number of pyridine rings is 1. The van der Waals surface area contributed by atoms with E-state index in [1.165, 1.54) is 18.3 Å². The highest BCUT2D eigenvalue weighted by Crippen LogP contribution is 2.33. The molecule has 1 aromatic carbocycles. The van der Waals surface area contributed by atoms with Crippen molar-refractivity contribution in [3.8, 4) is 5.82 Å². The van der Waals surface area contributed by atoms with Gasteiger partial charge in [0.15, 0.2) is 5.82 Å². The highest BCUT2D eigenvalue weighted by molar-refractivity contribution is 7.89. The second-order valence-electron chi connectivity index (χ2n) is 7.86. The normalized spacial score (nSPS) is 17.0. The summed E-state index contributed by atoms with van der Waals surface area (Å²) in [6.07, 6.45) is 3.59. The Morgan fingerprint density at radius 3 is 2.53 bits per heavy atom. The van der Waals surface area contributed by atoms with Gasteiger partial charge >= 0.3 is 0 Å². The molecular weight excluding hydrogens is 402 g/mol. The molecule has 0 saturated heterocycles. The van der Waals surface area contributed by atoms with Gasteiger partial charge in [-0.2, -0.15) is 23.4 Å².